The first-order valence-corrected chi connectivity index (χ1v) is 11.5. The van der Waals surface area contributed by atoms with Gasteiger partial charge in [-0.1, -0.05) is 0 Å². The summed E-state index contributed by atoms with van der Waals surface area (Å²) in [6.07, 6.45) is -1.39. The lowest BCUT2D eigenvalue weighted by molar-refractivity contribution is 0.0365. The summed E-state index contributed by atoms with van der Waals surface area (Å²) in [5.74, 6) is 0. The van der Waals surface area contributed by atoms with Gasteiger partial charge in [-0.3, -0.25) is 4.18 Å². The van der Waals surface area contributed by atoms with Gasteiger partial charge in [-0.15, -0.1) is 0 Å². The van der Waals surface area contributed by atoms with E-state index in [9.17, 15) is 18.0 Å². The summed E-state index contributed by atoms with van der Waals surface area (Å²) in [7, 11) is -3.95. The summed E-state index contributed by atoms with van der Waals surface area (Å²) in [5.41, 5.74) is 3.83. The zero-order valence-electron chi connectivity index (χ0n) is 20.5. The van der Waals surface area contributed by atoms with Gasteiger partial charge in [0.25, 0.3) is 0 Å². The first-order valence-electron chi connectivity index (χ1n) is 10.1. The molecule has 0 saturated carbocycles. The average molecular weight is 488 g/mol. The fourth-order valence-corrected chi connectivity index (χ4v) is 2.87. The number of carbonyl (C=O) groups excluding carboxylic acids is 2. The average Bonchev–Trinajstić information content (AvgIpc) is 2.85. The van der Waals surface area contributed by atoms with E-state index in [0.29, 0.717) is 4.31 Å². The van der Waals surface area contributed by atoms with Crippen molar-refractivity contribution in [1.82, 2.24) is 9.62 Å². The zero-order valence-corrected chi connectivity index (χ0v) is 21.4. The number of aliphatic hydroxyl groups excluding tert-OH is 2. The Bertz CT molecular complexity index is 671. The Morgan fingerprint density at radius 2 is 1.53 bits per heavy atom. The number of ether oxygens (including phenoxy) is 2. The second-order valence-corrected chi connectivity index (χ2v) is 10.7. The highest BCUT2D eigenvalue weighted by Crippen LogP contribution is 2.21. The smallest absolute Gasteiger partial charge is 0.426 e. The highest BCUT2D eigenvalue weighted by Gasteiger charge is 2.42. The molecular formula is C19H41N3O9S. The summed E-state index contributed by atoms with van der Waals surface area (Å²) in [6, 6.07) is -0.848. The topological polar surface area (TPSA) is 178 Å². The number of carbonyl (C=O) groups is 2. The molecule has 0 aromatic heterocycles. The number of hydrogen-bond acceptors (Lipinski definition) is 10. The monoisotopic (exact) mass is 487 g/mol. The Balaban J connectivity index is 0. The van der Waals surface area contributed by atoms with Crippen LogP contribution < -0.4 is 11.1 Å². The Kier molecular flexibility index (Phi) is 14.0. The molecule has 0 unspecified atom stereocenters. The summed E-state index contributed by atoms with van der Waals surface area (Å²) < 4.78 is 37.6. The van der Waals surface area contributed by atoms with Crippen molar-refractivity contribution < 1.29 is 41.9 Å². The Labute approximate surface area is 191 Å². The minimum Gasteiger partial charge on any atom is -0.444 e. The number of alkyl carbamates (subject to hydrolysis) is 1. The molecule has 13 heteroatoms. The maximum absolute atomic E-state index is 11.5. The number of nitrogens with zero attached hydrogens (tertiary/aromatic N) is 1. The lowest BCUT2D eigenvalue weighted by Gasteiger charge is -2.24. The van der Waals surface area contributed by atoms with Crippen molar-refractivity contribution in [3.8, 4) is 0 Å². The van der Waals surface area contributed by atoms with Gasteiger partial charge in [0.2, 0.25) is 0 Å². The van der Waals surface area contributed by atoms with E-state index in [1.54, 1.807) is 62.3 Å². The van der Waals surface area contributed by atoms with Crippen LogP contribution in [0, 0.1) is 0 Å². The lowest BCUT2D eigenvalue weighted by atomic mass is 10.2. The van der Waals surface area contributed by atoms with Gasteiger partial charge in [-0.2, -0.15) is 12.7 Å². The van der Waals surface area contributed by atoms with Gasteiger partial charge < -0.3 is 30.7 Å². The van der Waals surface area contributed by atoms with E-state index in [2.05, 4.69) is 9.50 Å². The highest BCUT2D eigenvalue weighted by atomic mass is 32.2. The van der Waals surface area contributed by atoms with Crippen molar-refractivity contribution in [1.29, 1.82) is 0 Å². The van der Waals surface area contributed by atoms with Crippen molar-refractivity contribution in [2.75, 3.05) is 19.8 Å². The molecule has 1 aliphatic heterocycles. The van der Waals surface area contributed by atoms with Gasteiger partial charge in [0.1, 0.15) is 11.2 Å². The van der Waals surface area contributed by atoms with E-state index >= 15 is 0 Å². The molecule has 0 bridgehead atoms. The molecule has 5 N–H and O–H groups in total. The van der Waals surface area contributed by atoms with Crippen LogP contribution in [0.2, 0.25) is 0 Å². The SMILES string of the molecule is C[C@@H](CO)NC(=O)OC(C)(C)C.C[C@H](N)CO.C[C@H]1COS(=O)(=O)N1C(=O)OC(C)(C)C. The maximum Gasteiger partial charge on any atom is 0.426 e. The van der Waals surface area contributed by atoms with E-state index in [1.807, 2.05) is 0 Å². The summed E-state index contributed by atoms with van der Waals surface area (Å²) in [6.45, 7) is 15.4. The molecule has 1 rings (SSSR count). The molecule has 1 fully saturated rings. The van der Waals surface area contributed by atoms with E-state index in [1.165, 1.54) is 0 Å². The molecule has 1 heterocycles. The van der Waals surface area contributed by atoms with Gasteiger partial charge in [0.15, 0.2) is 0 Å². The molecule has 1 aliphatic rings. The third-order valence-corrected chi connectivity index (χ3v) is 4.42. The van der Waals surface area contributed by atoms with Crippen LogP contribution in [0.3, 0.4) is 0 Å². The number of hydrogen-bond donors (Lipinski definition) is 4. The van der Waals surface area contributed by atoms with Gasteiger partial charge in [0, 0.05) is 6.04 Å². The number of nitrogens with one attached hydrogen (secondary N) is 1. The fraction of sp³-hybridized carbons (Fsp3) is 0.895. The van der Waals surface area contributed by atoms with Gasteiger partial charge in [0.05, 0.1) is 31.9 Å². The number of rotatable bonds is 3. The second-order valence-electron chi connectivity index (χ2n) is 9.26. The fourth-order valence-electron chi connectivity index (χ4n) is 1.66. The van der Waals surface area contributed by atoms with Crippen molar-refractivity contribution >= 4 is 22.5 Å². The van der Waals surface area contributed by atoms with E-state index in [4.69, 9.17) is 25.4 Å². The Morgan fingerprint density at radius 3 is 1.81 bits per heavy atom. The molecule has 0 aliphatic carbocycles. The minimum atomic E-state index is -3.95. The van der Waals surface area contributed by atoms with Crippen LogP contribution in [0.5, 0.6) is 0 Å². The van der Waals surface area contributed by atoms with E-state index in [-0.39, 0.29) is 31.9 Å². The molecular weight excluding hydrogens is 446 g/mol. The standard InChI is InChI=1S/C8H15NO5S.C8H17NO3.C3H9NO/c1-6-5-13-15(11,12)9(6)7(10)14-8(2,3)4;1-6(5-10)9-7(11)12-8(2,3)4;1-3(4)2-5/h6H,5H2,1-4H3;6,10H,5H2,1-4H3,(H,9,11);3,5H,2,4H2,1H3/t2*6-;3-/m000/s1. The predicted molar refractivity (Wildman–Crippen MR) is 119 cm³/mol. The first-order chi connectivity index (χ1) is 14.3. The molecule has 12 nitrogen and oxygen atoms in total. The summed E-state index contributed by atoms with van der Waals surface area (Å²) in [4.78, 5) is 22.5. The molecule has 1 saturated heterocycles. The quantitative estimate of drug-likeness (QED) is 0.450. The largest absolute Gasteiger partial charge is 0.444 e. The van der Waals surface area contributed by atoms with Gasteiger partial charge >= 0.3 is 22.5 Å². The van der Waals surface area contributed by atoms with Gasteiger partial charge in [-0.25, -0.2) is 9.59 Å². The van der Waals surface area contributed by atoms with Crippen molar-refractivity contribution in [2.45, 2.75) is 91.6 Å². The third-order valence-electron chi connectivity index (χ3n) is 3.00. The van der Waals surface area contributed by atoms with Crippen LogP contribution in [0.1, 0.15) is 62.3 Å². The van der Waals surface area contributed by atoms with Crippen molar-refractivity contribution in [2.24, 2.45) is 5.73 Å². The Morgan fingerprint density at radius 1 is 1.09 bits per heavy atom. The van der Waals surface area contributed by atoms with Crippen LogP contribution in [0.4, 0.5) is 9.59 Å². The third kappa shape index (κ3) is 16.0. The van der Waals surface area contributed by atoms with Crippen LogP contribution in [-0.2, 0) is 24.0 Å². The molecule has 192 valence electrons. The normalized spacial score (nSPS) is 19.4. The van der Waals surface area contributed by atoms with Crippen LogP contribution in [0.15, 0.2) is 0 Å². The summed E-state index contributed by atoms with van der Waals surface area (Å²) >= 11 is 0. The van der Waals surface area contributed by atoms with Gasteiger partial charge in [-0.05, 0) is 62.3 Å². The molecule has 0 spiro atoms. The van der Waals surface area contributed by atoms with Crippen LogP contribution in [0.25, 0.3) is 0 Å². The first kappa shape index (κ1) is 32.5. The predicted octanol–water partition coefficient (Wildman–Crippen LogP) is 1.10. The number of amides is 2. The molecule has 0 aromatic rings. The Hall–Kier alpha value is -1.67. The lowest BCUT2D eigenvalue weighted by Crippen LogP contribution is -2.41. The highest BCUT2D eigenvalue weighted by molar-refractivity contribution is 7.85. The zero-order chi connectivity index (χ0) is 25.9. The second kappa shape index (κ2) is 13.8. The van der Waals surface area contributed by atoms with E-state index in [0.717, 1.165) is 0 Å². The van der Waals surface area contributed by atoms with Crippen molar-refractivity contribution in [3.63, 3.8) is 0 Å². The summed E-state index contributed by atoms with van der Waals surface area (Å²) in [5, 5.41) is 19.1. The molecule has 0 radical (unpaired) electrons. The molecule has 3 atom stereocenters. The molecule has 32 heavy (non-hydrogen) atoms. The molecule has 0 aromatic carbocycles. The van der Waals surface area contributed by atoms with E-state index < -0.39 is 39.7 Å². The van der Waals surface area contributed by atoms with Crippen LogP contribution in [-0.4, -0.2) is 84.3 Å². The number of aliphatic hydroxyl groups is 2. The number of nitrogens with two attached hydrogens (primary N) is 1. The van der Waals surface area contributed by atoms with Crippen molar-refractivity contribution in [3.05, 3.63) is 0 Å². The minimum absolute atomic E-state index is 0.0262. The maximum atomic E-state index is 11.5. The van der Waals surface area contributed by atoms with Crippen LogP contribution >= 0.6 is 0 Å². The molecule has 2 amide bonds.